The third-order valence-electron chi connectivity index (χ3n) is 4.65. The van der Waals surface area contributed by atoms with Crippen LogP contribution in [0.3, 0.4) is 0 Å². The van der Waals surface area contributed by atoms with Gasteiger partial charge in [0.05, 0.1) is 31.6 Å². The molecule has 1 saturated heterocycles. The first-order chi connectivity index (χ1) is 10.2. The molecular formula is C16H25ClN2O2. The standard InChI is InChI=1S/C16H25ClN2O2/c1-11-4-12(9-20-11)7-18-19-8-13-5-14-6-15(17)2-3-16(14)21-10-13/h5,8,11-12,14-16,18H,2-4,6-7,9-10H2,1H3/b19-8+. The highest BCUT2D eigenvalue weighted by Crippen LogP contribution is 2.34. The van der Waals surface area contributed by atoms with Crippen molar-refractivity contribution in [1.29, 1.82) is 0 Å². The molecule has 0 aromatic heterocycles. The maximum absolute atomic E-state index is 6.25. The third-order valence-corrected chi connectivity index (χ3v) is 5.04. The minimum Gasteiger partial charge on any atom is -0.378 e. The van der Waals surface area contributed by atoms with Gasteiger partial charge in [0.15, 0.2) is 0 Å². The number of hydrogen-bond acceptors (Lipinski definition) is 4. The summed E-state index contributed by atoms with van der Waals surface area (Å²) in [6.07, 6.45) is 9.25. The first-order valence-electron chi connectivity index (χ1n) is 8.04. The first-order valence-corrected chi connectivity index (χ1v) is 8.48. The normalized spacial score (nSPS) is 40.1. The average molecular weight is 313 g/mol. The summed E-state index contributed by atoms with van der Waals surface area (Å²) >= 11 is 6.25. The molecule has 5 heteroatoms. The van der Waals surface area contributed by atoms with Crippen molar-refractivity contribution in [3.63, 3.8) is 0 Å². The van der Waals surface area contributed by atoms with Gasteiger partial charge >= 0.3 is 0 Å². The molecule has 0 aromatic rings. The van der Waals surface area contributed by atoms with Crippen molar-refractivity contribution in [3.8, 4) is 0 Å². The molecule has 2 aliphatic heterocycles. The molecule has 0 amide bonds. The fourth-order valence-corrected chi connectivity index (χ4v) is 3.80. The van der Waals surface area contributed by atoms with Gasteiger partial charge in [-0.25, -0.2) is 0 Å². The van der Waals surface area contributed by atoms with Gasteiger partial charge in [-0.2, -0.15) is 5.10 Å². The van der Waals surface area contributed by atoms with Crippen LogP contribution >= 0.6 is 11.6 Å². The number of halogens is 1. The van der Waals surface area contributed by atoms with Crippen LogP contribution in [0, 0.1) is 11.8 Å². The number of rotatable bonds is 4. The van der Waals surface area contributed by atoms with E-state index in [2.05, 4.69) is 23.5 Å². The maximum atomic E-state index is 6.25. The van der Waals surface area contributed by atoms with Crippen LogP contribution in [0.5, 0.6) is 0 Å². The fraction of sp³-hybridized carbons (Fsp3) is 0.812. The lowest BCUT2D eigenvalue weighted by atomic mass is 9.83. The van der Waals surface area contributed by atoms with E-state index in [4.69, 9.17) is 21.1 Å². The van der Waals surface area contributed by atoms with E-state index in [0.717, 1.165) is 44.4 Å². The van der Waals surface area contributed by atoms with E-state index >= 15 is 0 Å². The Morgan fingerprint density at radius 1 is 1.38 bits per heavy atom. The Labute approximate surface area is 131 Å². The number of nitrogens with one attached hydrogen (secondary N) is 1. The molecule has 0 bridgehead atoms. The van der Waals surface area contributed by atoms with Gasteiger partial charge in [0.1, 0.15) is 0 Å². The Bertz CT molecular complexity index is 413. The quantitative estimate of drug-likeness (QED) is 0.493. The van der Waals surface area contributed by atoms with Gasteiger partial charge in [0.25, 0.3) is 0 Å². The zero-order valence-electron chi connectivity index (χ0n) is 12.6. The second-order valence-electron chi connectivity index (χ2n) is 6.53. The second-order valence-corrected chi connectivity index (χ2v) is 7.15. The molecule has 5 atom stereocenters. The summed E-state index contributed by atoms with van der Waals surface area (Å²) in [5, 5.41) is 4.62. The van der Waals surface area contributed by atoms with Crippen LogP contribution in [0.15, 0.2) is 16.8 Å². The summed E-state index contributed by atoms with van der Waals surface area (Å²) in [5.41, 5.74) is 4.30. The van der Waals surface area contributed by atoms with E-state index in [1.54, 1.807) is 0 Å². The van der Waals surface area contributed by atoms with Gasteiger partial charge in [-0.05, 0) is 38.2 Å². The summed E-state index contributed by atoms with van der Waals surface area (Å²) in [5.74, 6) is 1.04. The molecule has 0 spiro atoms. The van der Waals surface area contributed by atoms with E-state index in [9.17, 15) is 0 Å². The molecule has 0 radical (unpaired) electrons. The average Bonchev–Trinajstić information content (AvgIpc) is 2.89. The van der Waals surface area contributed by atoms with Crippen LogP contribution in [0.2, 0.25) is 0 Å². The number of hydrogen-bond donors (Lipinski definition) is 1. The molecule has 3 rings (SSSR count). The van der Waals surface area contributed by atoms with Crippen molar-refractivity contribution < 1.29 is 9.47 Å². The summed E-state index contributed by atoms with van der Waals surface area (Å²) < 4.78 is 11.5. The Balaban J connectivity index is 1.45. The number of ether oxygens (including phenoxy) is 2. The summed E-state index contributed by atoms with van der Waals surface area (Å²) in [4.78, 5) is 0. The molecule has 0 aromatic carbocycles. The molecule has 4 nitrogen and oxygen atoms in total. The van der Waals surface area contributed by atoms with Crippen molar-refractivity contribution in [2.45, 2.75) is 50.2 Å². The number of alkyl halides is 1. The van der Waals surface area contributed by atoms with E-state index in [-0.39, 0.29) is 0 Å². The number of fused-ring (bicyclic) bond motifs is 1. The van der Waals surface area contributed by atoms with Crippen molar-refractivity contribution in [2.75, 3.05) is 19.8 Å². The minimum absolute atomic E-state index is 0.296. The number of hydrazone groups is 1. The van der Waals surface area contributed by atoms with Gasteiger partial charge < -0.3 is 14.9 Å². The van der Waals surface area contributed by atoms with E-state index in [0.29, 0.717) is 36.0 Å². The fourth-order valence-electron chi connectivity index (χ4n) is 3.47. The molecule has 1 saturated carbocycles. The highest BCUT2D eigenvalue weighted by atomic mass is 35.5. The highest BCUT2D eigenvalue weighted by molar-refractivity contribution is 6.20. The summed E-state index contributed by atoms with van der Waals surface area (Å²) in [6.45, 7) is 4.52. The van der Waals surface area contributed by atoms with Gasteiger partial charge in [0.2, 0.25) is 0 Å². The smallest absolute Gasteiger partial charge is 0.0733 e. The zero-order valence-corrected chi connectivity index (χ0v) is 13.4. The van der Waals surface area contributed by atoms with E-state index < -0.39 is 0 Å². The van der Waals surface area contributed by atoms with E-state index in [1.807, 2.05) is 6.21 Å². The minimum atomic E-state index is 0.296. The van der Waals surface area contributed by atoms with Gasteiger partial charge in [-0.1, -0.05) is 6.08 Å². The monoisotopic (exact) mass is 312 g/mol. The topological polar surface area (TPSA) is 42.9 Å². The molecule has 1 aliphatic carbocycles. The summed E-state index contributed by atoms with van der Waals surface area (Å²) in [6, 6.07) is 0. The Morgan fingerprint density at radius 2 is 2.29 bits per heavy atom. The van der Waals surface area contributed by atoms with Crippen molar-refractivity contribution >= 4 is 17.8 Å². The Hall–Kier alpha value is -0.580. The first kappa shape index (κ1) is 15.3. The summed E-state index contributed by atoms with van der Waals surface area (Å²) in [7, 11) is 0. The molecule has 21 heavy (non-hydrogen) atoms. The molecular weight excluding hydrogens is 288 g/mol. The van der Waals surface area contributed by atoms with Crippen LogP contribution in [-0.2, 0) is 9.47 Å². The SMILES string of the molecule is CC1CC(CN/N=C/C2=CC3CC(Cl)CCC3OC2)CO1. The molecule has 2 heterocycles. The van der Waals surface area contributed by atoms with Gasteiger partial charge in [0, 0.05) is 23.8 Å². The lowest BCUT2D eigenvalue weighted by molar-refractivity contribution is 0.00816. The molecule has 1 N–H and O–H groups in total. The molecule has 3 aliphatic rings. The highest BCUT2D eigenvalue weighted by Gasteiger charge is 2.31. The van der Waals surface area contributed by atoms with Crippen LogP contribution in [0.4, 0.5) is 0 Å². The largest absolute Gasteiger partial charge is 0.378 e. The molecule has 118 valence electrons. The lowest BCUT2D eigenvalue weighted by Gasteiger charge is -2.35. The predicted octanol–water partition coefficient (Wildman–Crippen LogP) is 2.72. The predicted molar refractivity (Wildman–Crippen MR) is 84.8 cm³/mol. The van der Waals surface area contributed by atoms with Gasteiger partial charge in [-0.3, -0.25) is 0 Å². The zero-order chi connectivity index (χ0) is 14.7. The van der Waals surface area contributed by atoms with Crippen LogP contribution < -0.4 is 5.43 Å². The van der Waals surface area contributed by atoms with Crippen molar-refractivity contribution in [1.82, 2.24) is 5.43 Å². The lowest BCUT2D eigenvalue weighted by Crippen LogP contribution is -2.34. The van der Waals surface area contributed by atoms with Crippen molar-refractivity contribution in [3.05, 3.63) is 11.6 Å². The second kappa shape index (κ2) is 7.12. The van der Waals surface area contributed by atoms with Gasteiger partial charge in [-0.15, -0.1) is 11.6 Å². The van der Waals surface area contributed by atoms with E-state index in [1.165, 1.54) is 0 Å². The molecule has 2 fully saturated rings. The Morgan fingerprint density at radius 3 is 3.10 bits per heavy atom. The third kappa shape index (κ3) is 4.21. The van der Waals surface area contributed by atoms with Crippen LogP contribution in [0.1, 0.15) is 32.6 Å². The molecule has 5 unspecified atom stereocenters. The Kier molecular flexibility index (Phi) is 5.19. The van der Waals surface area contributed by atoms with Crippen LogP contribution in [-0.4, -0.2) is 43.6 Å². The van der Waals surface area contributed by atoms with Crippen LogP contribution in [0.25, 0.3) is 0 Å². The van der Waals surface area contributed by atoms with Crippen molar-refractivity contribution in [2.24, 2.45) is 16.9 Å². The maximum Gasteiger partial charge on any atom is 0.0733 e. The number of nitrogens with zero attached hydrogens (tertiary/aromatic N) is 1.